The van der Waals surface area contributed by atoms with Gasteiger partial charge in [0, 0.05) is 17.9 Å². The van der Waals surface area contributed by atoms with Gasteiger partial charge in [0.1, 0.15) is 0 Å². The summed E-state index contributed by atoms with van der Waals surface area (Å²) in [6.07, 6.45) is -4.43. The van der Waals surface area contributed by atoms with E-state index in [1.165, 1.54) is 17.0 Å². The van der Waals surface area contributed by atoms with Crippen molar-refractivity contribution in [1.29, 1.82) is 0 Å². The van der Waals surface area contributed by atoms with Gasteiger partial charge in [-0.1, -0.05) is 12.1 Å². The number of nitrogens with zero attached hydrogens (tertiary/aromatic N) is 1. The molecule has 2 aromatic rings. The maximum absolute atomic E-state index is 12.6. The summed E-state index contributed by atoms with van der Waals surface area (Å²) >= 11 is 0. The minimum Gasteiger partial charge on any atom is -0.306 e. The first-order valence-corrected chi connectivity index (χ1v) is 8.16. The quantitative estimate of drug-likeness (QED) is 0.798. The van der Waals surface area contributed by atoms with Crippen LogP contribution in [0.5, 0.6) is 0 Å². The Bertz CT molecular complexity index is 772. The van der Waals surface area contributed by atoms with Gasteiger partial charge in [0.25, 0.3) is 5.91 Å². The van der Waals surface area contributed by atoms with Gasteiger partial charge < -0.3 is 4.90 Å². The molecular weight excluding hydrogens is 327 g/mol. The van der Waals surface area contributed by atoms with Crippen molar-refractivity contribution in [2.24, 2.45) is 0 Å². The standard InChI is InChI=1S/C16H12F3NO2S/c17-16(18,19)12-7-5-11(6-8-12)15(21)20-9-10-23(22)14-4-2-1-3-13(14)20/h1-8H,9-10H2. The lowest BCUT2D eigenvalue weighted by Crippen LogP contribution is -2.38. The third-order valence-electron chi connectivity index (χ3n) is 3.61. The normalized spacial score (nSPS) is 17.7. The highest BCUT2D eigenvalue weighted by molar-refractivity contribution is 7.85. The van der Waals surface area contributed by atoms with E-state index in [-0.39, 0.29) is 12.1 Å². The molecule has 1 amide bonds. The molecule has 0 fully saturated rings. The Morgan fingerprint density at radius 2 is 1.70 bits per heavy atom. The van der Waals surface area contributed by atoms with Crippen molar-refractivity contribution in [1.82, 2.24) is 0 Å². The Labute approximate surface area is 133 Å². The lowest BCUT2D eigenvalue weighted by atomic mass is 10.1. The summed E-state index contributed by atoms with van der Waals surface area (Å²) in [4.78, 5) is 14.6. The van der Waals surface area contributed by atoms with E-state index in [0.29, 0.717) is 16.3 Å². The Morgan fingerprint density at radius 3 is 2.35 bits per heavy atom. The molecule has 2 aromatic carbocycles. The summed E-state index contributed by atoms with van der Waals surface area (Å²) in [7, 11) is -1.17. The van der Waals surface area contributed by atoms with Crippen molar-refractivity contribution < 1.29 is 22.2 Å². The van der Waals surface area contributed by atoms with E-state index in [9.17, 15) is 22.2 Å². The molecule has 0 saturated carbocycles. The minimum atomic E-state index is -4.43. The van der Waals surface area contributed by atoms with Crippen LogP contribution in [-0.2, 0) is 17.0 Å². The fourth-order valence-corrected chi connectivity index (χ4v) is 3.66. The van der Waals surface area contributed by atoms with E-state index < -0.39 is 28.4 Å². The van der Waals surface area contributed by atoms with E-state index >= 15 is 0 Å². The summed E-state index contributed by atoms with van der Waals surface area (Å²) in [5, 5.41) is 0. The second kappa shape index (κ2) is 5.81. The van der Waals surface area contributed by atoms with Gasteiger partial charge in [-0.3, -0.25) is 9.00 Å². The summed E-state index contributed by atoms with van der Waals surface area (Å²) in [6.45, 7) is 0.267. The Balaban J connectivity index is 1.92. The molecule has 0 N–H and O–H groups in total. The maximum atomic E-state index is 12.6. The predicted molar refractivity (Wildman–Crippen MR) is 80.8 cm³/mol. The molecule has 1 heterocycles. The molecule has 3 rings (SSSR count). The van der Waals surface area contributed by atoms with Crippen LogP contribution in [0.4, 0.5) is 18.9 Å². The lowest BCUT2D eigenvalue weighted by molar-refractivity contribution is -0.137. The number of alkyl halides is 3. The van der Waals surface area contributed by atoms with Crippen molar-refractivity contribution in [2.45, 2.75) is 11.1 Å². The first-order chi connectivity index (χ1) is 10.9. The van der Waals surface area contributed by atoms with Crippen molar-refractivity contribution in [2.75, 3.05) is 17.2 Å². The van der Waals surface area contributed by atoms with Crippen LogP contribution in [0.25, 0.3) is 0 Å². The highest BCUT2D eigenvalue weighted by Crippen LogP contribution is 2.31. The number of halogens is 3. The molecule has 0 saturated heterocycles. The molecule has 23 heavy (non-hydrogen) atoms. The largest absolute Gasteiger partial charge is 0.416 e. The predicted octanol–water partition coefficient (Wildman–Crippen LogP) is 3.47. The monoisotopic (exact) mass is 339 g/mol. The van der Waals surface area contributed by atoms with Crippen LogP contribution in [0.3, 0.4) is 0 Å². The zero-order valence-electron chi connectivity index (χ0n) is 11.8. The SMILES string of the molecule is O=C(c1ccc(C(F)(F)F)cc1)N1CCS(=O)c2ccccc21. The first kappa shape index (κ1) is 15.7. The number of benzene rings is 2. The van der Waals surface area contributed by atoms with Gasteiger partial charge in [-0.15, -0.1) is 0 Å². The van der Waals surface area contributed by atoms with Gasteiger partial charge in [-0.2, -0.15) is 13.2 Å². The van der Waals surface area contributed by atoms with Gasteiger partial charge in [0.05, 0.1) is 26.9 Å². The second-order valence-corrected chi connectivity index (χ2v) is 6.59. The van der Waals surface area contributed by atoms with Crippen molar-refractivity contribution in [3.63, 3.8) is 0 Å². The van der Waals surface area contributed by atoms with Crippen LogP contribution < -0.4 is 4.90 Å². The maximum Gasteiger partial charge on any atom is 0.416 e. The van der Waals surface area contributed by atoms with Crippen LogP contribution in [0.15, 0.2) is 53.4 Å². The van der Waals surface area contributed by atoms with Crippen LogP contribution in [-0.4, -0.2) is 22.4 Å². The molecule has 0 aliphatic carbocycles. The second-order valence-electron chi connectivity index (χ2n) is 5.05. The molecule has 1 atom stereocenters. The van der Waals surface area contributed by atoms with E-state index in [2.05, 4.69) is 0 Å². The molecule has 0 radical (unpaired) electrons. The van der Waals surface area contributed by atoms with Crippen molar-refractivity contribution >= 4 is 22.4 Å². The van der Waals surface area contributed by atoms with Crippen LogP contribution in [0.2, 0.25) is 0 Å². The van der Waals surface area contributed by atoms with Gasteiger partial charge in [-0.05, 0) is 36.4 Å². The van der Waals surface area contributed by atoms with Crippen molar-refractivity contribution in [3.05, 3.63) is 59.7 Å². The van der Waals surface area contributed by atoms with Crippen LogP contribution in [0.1, 0.15) is 15.9 Å². The number of hydrogen-bond donors (Lipinski definition) is 0. The van der Waals surface area contributed by atoms with Crippen molar-refractivity contribution in [3.8, 4) is 0 Å². The number of para-hydroxylation sites is 1. The van der Waals surface area contributed by atoms with Crippen LogP contribution >= 0.6 is 0 Å². The molecule has 1 aliphatic heterocycles. The highest BCUT2D eigenvalue weighted by Gasteiger charge is 2.31. The highest BCUT2D eigenvalue weighted by atomic mass is 32.2. The van der Waals surface area contributed by atoms with E-state index in [4.69, 9.17) is 0 Å². The Morgan fingerprint density at radius 1 is 1.04 bits per heavy atom. The fraction of sp³-hybridized carbons (Fsp3) is 0.188. The van der Waals surface area contributed by atoms with Gasteiger partial charge in [0.15, 0.2) is 0 Å². The first-order valence-electron chi connectivity index (χ1n) is 6.84. The van der Waals surface area contributed by atoms with E-state index in [1.807, 2.05) is 0 Å². The van der Waals surface area contributed by atoms with E-state index in [0.717, 1.165) is 12.1 Å². The Hall–Kier alpha value is -2.15. The summed E-state index contributed by atoms with van der Waals surface area (Å²) in [5.74, 6) is -0.0912. The minimum absolute atomic E-state index is 0.167. The number of carbonyl (C=O) groups is 1. The molecular formula is C16H12F3NO2S. The smallest absolute Gasteiger partial charge is 0.306 e. The molecule has 1 aliphatic rings. The fourth-order valence-electron chi connectivity index (χ4n) is 2.45. The zero-order valence-corrected chi connectivity index (χ0v) is 12.7. The summed E-state index contributed by atoms with van der Waals surface area (Å²) in [6, 6.07) is 11.0. The van der Waals surface area contributed by atoms with Gasteiger partial charge >= 0.3 is 6.18 Å². The molecule has 1 unspecified atom stereocenters. The van der Waals surface area contributed by atoms with E-state index in [1.54, 1.807) is 24.3 Å². The number of carbonyl (C=O) groups excluding carboxylic acids is 1. The number of anilines is 1. The average molecular weight is 339 g/mol. The molecule has 0 bridgehead atoms. The average Bonchev–Trinajstić information content (AvgIpc) is 2.54. The number of amides is 1. The number of rotatable bonds is 1. The molecule has 7 heteroatoms. The van der Waals surface area contributed by atoms with Crippen LogP contribution in [0, 0.1) is 0 Å². The number of hydrogen-bond acceptors (Lipinski definition) is 2. The van der Waals surface area contributed by atoms with Gasteiger partial charge in [0.2, 0.25) is 0 Å². The Kier molecular flexibility index (Phi) is 3.97. The lowest BCUT2D eigenvalue weighted by Gasteiger charge is -2.29. The molecule has 0 aromatic heterocycles. The number of fused-ring (bicyclic) bond motifs is 1. The molecule has 120 valence electrons. The summed E-state index contributed by atoms with van der Waals surface area (Å²) < 4.78 is 49.8. The topological polar surface area (TPSA) is 37.4 Å². The third-order valence-corrected chi connectivity index (χ3v) is 5.00. The third kappa shape index (κ3) is 3.01. The summed E-state index contributed by atoms with van der Waals surface area (Å²) in [5.41, 5.74) is -0.0864. The zero-order chi connectivity index (χ0) is 16.6. The molecule has 3 nitrogen and oxygen atoms in total. The molecule has 0 spiro atoms. The van der Waals surface area contributed by atoms with Gasteiger partial charge in [-0.25, -0.2) is 0 Å².